The van der Waals surface area contributed by atoms with Gasteiger partial charge in [-0.15, -0.1) is 0 Å². The summed E-state index contributed by atoms with van der Waals surface area (Å²) in [5.41, 5.74) is 3.43. The molecule has 126 valence electrons. The first-order valence-corrected chi connectivity index (χ1v) is 8.91. The fourth-order valence-electron chi connectivity index (χ4n) is 3.50. The van der Waals surface area contributed by atoms with Gasteiger partial charge >= 0.3 is 6.03 Å². The zero-order valence-corrected chi connectivity index (χ0v) is 14.3. The minimum Gasteiger partial charge on any atom is -0.335 e. The first kappa shape index (κ1) is 16.6. The minimum atomic E-state index is -0.129. The van der Waals surface area contributed by atoms with Crippen LogP contribution in [0, 0.1) is 6.92 Å². The zero-order chi connectivity index (χ0) is 16.8. The van der Waals surface area contributed by atoms with E-state index in [0.29, 0.717) is 6.04 Å². The van der Waals surface area contributed by atoms with Gasteiger partial charge in [0.1, 0.15) is 0 Å². The molecule has 2 amide bonds. The van der Waals surface area contributed by atoms with Crippen molar-refractivity contribution in [3.8, 4) is 0 Å². The average Bonchev–Trinajstić information content (AvgIpc) is 2.62. The molecule has 3 heteroatoms. The molecule has 1 aliphatic rings. The SMILES string of the molecule is Cc1ccccc1C(NC(=O)NC1CCCCC1)c1ccccc1. The number of carbonyl (C=O) groups is 1. The first-order chi connectivity index (χ1) is 11.7. The Morgan fingerprint density at radius 1 is 0.958 bits per heavy atom. The summed E-state index contributed by atoms with van der Waals surface area (Å²) < 4.78 is 0. The molecular formula is C21H26N2O. The van der Waals surface area contributed by atoms with Gasteiger partial charge in [-0.25, -0.2) is 4.79 Å². The lowest BCUT2D eigenvalue weighted by Crippen LogP contribution is -2.44. The summed E-state index contributed by atoms with van der Waals surface area (Å²) in [6, 6.07) is 18.5. The van der Waals surface area contributed by atoms with Crippen LogP contribution in [0.15, 0.2) is 54.6 Å². The fraction of sp³-hybridized carbons (Fsp3) is 0.381. The van der Waals surface area contributed by atoms with Gasteiger partial charge in [0.2, 0.25) is 0 Å². The van der Waals surface area contributed by atoms with Crippen molar-refractivity contribution in [3.05, 3.63) is 71.3 Å². The number of carbonyl (C=O) groups excluding carboxylic acids is 1. The van der Waals surface area contributed by atoms with E-state index in [2.05, 4.69) is 41.8 Å². The highest BCUT2D eigenvalue weighted by Gasteiger charge is 2.21. The van der Waals surface area contributed by atoms with Gasteiger partial charge in [0.25, 0.3) is 0 Å². The normalized spacial score (nSPS) is 16.4. The van der Waals surface area contributed by atoms with Crippen molar-refractivity contribution in [1.29, 1.82) is 0 Å². The molecule has 2 aromatic carbocycles. The van der Waals surface area contributed by atoms with Crippen LogP contribution in [0.4, 0.5) is 4.79 Å². The molecule has 1 unspecified atom stereocenters. The smallest absolute Gasteiger partial charge is 0.315 e. The monoisotopic (exact) mass is 322 g/mol. The predicted octanol–water partition coefficient (Wildman–Crippen LogP) is 4.72. The molecule has 1 saturated carbocycles. The topological polar surface area (TPSA) is 41.1 Å². The number of nitrogens with one attached hydrogen (secondary N) is 2. The van der Waals surface area contributed by atoms with Crippen molar-refractivity contribution in [2.45, 2.75) is 51.1 Å². The van der Waals surface area contributed by atoms with E-state index in [1.165, 1.54) is 24.8 Å². The molecule has 0 aliphatic heterocycles. The Morgan fingerprint density at radius 3 is 2.33 bits per heavy atom. The Kier molecular flexibility index (Phi) is 5.52. The second-order valence-corrected chi connectivity index (χ2v) is 6.65. The van der Waals surface area contributed by atoms with Crippen LogP contribution in [-0.4, -0.2) is 12.1 Å². The van der Waals surface area contributed by atoms with Gasteiger partial charge in [0, 0.05) is 6.04 Å². The van der Waals surface area contributed by atoms with Gasteiger partial charge in [-0.05, 0) is 36.5 Å². The van der Waals surface area contributed by atoms with Crippen LogP contribution < -0.4 is 10.6 Å². The minimum absolute atomic E-state index is 0.0704. The molecule has 2 aromatic rings. The standard InChI is InChI=1S/C21H26N2O/c1-16-10-8-9-15-19(16)20(17-11-4-2-5-12-17)23-21(24)22-18-13-6-3-7-14-18/h2,4-5,8-12,15,18,20H,3,6-7,13-14H2,1H3,(H2,22,23,24). The summed E-state index contributed by atoms with van der Waals surface area (Å²) >= 11 is 0. The summed E-state index contributed by atoms with van der Waals surface area (Å²) in [6.45, 7) is 2.09. The number of benzene rings is 2. The van der Waals surface area contributed by atoms with E-state index < -0.39 is 0 Å². The van der Waals surface area contributed by atoms with E-state index in [1.54, 1.807) is 0 Å². The number of hydrogen-bond acceptors (Lipinski definition) is 1. The van der Waals surface area contributed by atoms with Crippen LogP contribution in [0.2, 0.25) is 0 Å². The predicted molar refractivity (Wildman–Crippen MR) is 98.0 cm³/mol. The maximum atomic E-state index is 12.6. The molecule has 0 radical (unpaired) electrons. The summed E-state index contributed by atoms with van der Waals surface area (Å²) in [5.74, 6) is 0. The van der Waals surface area contributed by atoms with Crippen molar-refractivity contribution in [2.24, 2.45) is 0 Å². The molecule has 1 aliphatic carbocycles. The van der Waals surface area contributed by atoms with E-state index >= 15 is 0 Å². The summed E-state index contributed by atoms with van der Waals surface area (Å²) in [5, 5.41) is 6.35. The number of aryl methyl sites for hydroxylation is 1. The maximum Gasteiger partial charge on any atom is 0.315 e. The number of amides is 2. The number of hydrogen-bond donors (Lipinski definition) is 2. The largest absolute Gasteiger partial charge is 0.335 e. The molecule has 0 spiro atoms. The summed E-state index contributed by atoms with van der Waals surface area (Å²) in [4.78, 5) is 12.6. The number of rotatable bonds is 4. The summed E-state index contributed by atoms with van der Waals surface area (Å²) in [6.07, 6.45) is 5.90. The second kappa shape index (κ2) is 8.00. The van der Waals surface area contributed by atoms with Crippen LogP contribution in [0.3, 0.4) is 0 Å². The third kappa shape index (κ3) is 4.16. The van der Waals surface area contributed by atoms with Gasteiger partial charge in [0.05, 0.1) is 6.04 Å². The van der Waals surface area contributed by atoms with E-state index in [-0.39, 0.29) is 12.1 Å². The van der Waals surface area contributed by atoms with Gasteiger partial charge < -0.3 is 10.6 Å². The molecule has 3 rings (SSSR count). The lowest BCUT2D eigenvalue weighted by atomic mass is 9.94. The summed E-state index contributed by atoms with van der Waals surface area (Å²) in [7, 11) is 0. The lowest BCUT2D eigenvalue weighted by Gasteiger charge is -2.26. The first-order valence-electron chi connectivity index (χ1n) is 8.91. The molecule has 3 nitrogen and oxygen atoms in total. The Bertz CT molecular complexity index is 663. The van der Waals surface area contributed by atoms with Gasteiger partial charge in [-0.3, -0.25) is 0 Å². The molecular weight excluding hydrogens is 296 g/mol. The third-order valence-corrected chi connectivity index (χ3v) is 4.85. The Labute approximate surface area is 144 Å². The van der Waals surface area contributed by atoms with E-state index in [9.17, 15) is 4.79 Å². The van der Waals surface area contributed by atoms with E-state index in [4.69, 9.17) is 0 Å². The quantitative estimate of drug-likeness (QED) is 0.840. The highest BCUT2D eigenvalue weighted by atomic mass is 16.2. The van der Waals surface area contributed by atoms with Gasteiger partial charge in [-0.2, -0.15) is 0 Å². The van der Waals surface area contributed by atoms with E-state index in [0.717, 1.165) is 24.0 Å². The van der Waals surface area contributed by atoms with Crippen LogP contribution >= 0.6 is 0 Å². The Morgan fingerprint density at radius 2 is 1.62 bits per heavy atom. The van der Waals surface area contributed by atoms with E-state index in [1.807, 2.05) is 30.3 Å². The number of urea groups is 1. The van der Waals surface area contributed by atoms with Gasteiger partial charge in [-0.1, -0.05) is 73.9 Å². The van der Waals surface area contributed by atoms with Gasteiger partial charge in [0.15, 0.2) is 0 Å². The molecule has 0 bridgehead atoms. The maximum absolute atomic E-state index is 12.6. The van der Waals surface area contributed by atoms with Crippen LogP contribution in [0.5, 0.6) is 0 Å². The van der Waals surface area contributed by atoms with Crippen molar-refractivity contribution >= 4 is 6.03 Å². The van der Waals surface area contributed by atoms with Crippen molar-refractivity contribution in [1.82, 2.24) is 10.6 Å². The molecule has 1 atom stereocenters. The highest BCUT2D eigenvalue weighted by molar-refractivity contribution is 5.75. The molecule has 0 saturated heterocycles. The molecule has 0 aromatic heterocycles. The van der Waals surface area contributed by atoms with Crippen molar-refractivity contribution in [3.63, 3.8) is 0 Å². The second-order valence-electron chi connectivity index (χ2n) is 6.65. The average molecular weight is 322 g/mol. The highest BCUT2D eigenvalue weighted by Crippen LogP contribution is 2.25. The lowest BCUT2D eigenvalue weighted by molar-refractivity contribution is 0.230. The van der Waals surface area contributed by atoms with Crippen LogP contribution in [-0.2, 0) is 0 Å². The molecule has 0 heterocycles. The molecule has 1 fully saturated rings. The Balaban J connectivity index is 1.77. The van der Waals surface area contributed by atoms with Crippen molar-refractivity contribution in [2.75, 3.05) is 0 Å². The zero-order valence-electron chi connectivity index (χ0n) is 14.3. The Hall–Kier alpha value is -2.29. The fourth-order valence-corrected chi connectivity index (χ4v) is 3.50. The molecule has 24 heavy (non-hydrogen) atoms. The van der Waals surface area contributed by atoms with Crippen LogP contribution in [0.25, 0.3) is 0 Å². The van der Waals surface area contributed by atoms with Crippen molar-refractivity contribution < 1.29 is 4.79 Å². The third-order valence-electron chi connectivity index (χ3n) is 4.85. The van der Waals surface area contributed by atoms with Crippen LogP contribution in [0.1, 0.15) is 54.8 Å². The molecule has 2 N–H and O–H groups in total.